The molecule has 43 heavy (non-hydrogen) atoms. The Morgan fingerprint density at radius 1 is 0.930 bits per heavy atom. The molecule has 12 heteroatoms. The van der Waals surface area contributed by atoms with Gasteiger partial charge >= 0.3 is 6.18 Å². The van der Waals surface area contributed by atoms with Crippen molar-refractivity contribution in [1.82, 2.24) is 9.21 Å². The summed E-state index contributed by atoms with van der Waals surface area (Å²) in [6.45, 7) is 5.09. The second-order valence-electron chi connectivity index (χ2n) is 12.4. The number of carbonyl (C=O) groups is 1. The normalized spacial score (nSPS) is 25.3. The number of rotatable bonds is 6. The van der Waals surface area contributed by atoms with Gasteiger partial charge in [-0.1, -0.05) is 0 Å². The highest BCUT2D eigenvalue weighted by Crippen LogP contribution is 2.47. The molecule has 1 amide bonds. The van der Waals surface area contributed by atoms with Crippen LogP contribution in [0.1, 0.15) is 51.0 Å². The quantitative estimate of drug-likeness (QED) is 0.454. The Bertz CT molecular complexity index is 1460. The molecule has 0 bridgehead atoms. The Labute approximate surface area is 251 Å². The van der Waals surface area contributed by atoms with Gasteiger partial charge in [-0.15, -0.1) is 0 Å². The molecule has 2 aromatic carbocycles. The third kappa shape index (κ3) is 5.50. The van der Waals surface area contributed by atoms with Crippen LogP contribution in [0.2, 0.25) is 0 Å². The topological polar surface area (TPSA) is 73.4 Å². The van der Waals surface area contributed by atoms with Crippen LogP contribution in [0.5, 0.6) is 5.75 Å². The molecule has 234 valence electrons. The number of anilines is 2. The predicted molar refractivity (Wildman–Crippen MR) is 158 cm³/mol. The number of amides is 1. The van der Waals surface area contributed by atoms with E-state index < -0.39 is 27.2 Å². The van der Waals surface area contributed by atoms with E-state index in [9.17, 15) is 26.4 Å². The number of piperidine rings is 1. The van der Waals surface area contributed by atoms with E-state index in [1.54, 1.807) is 18.2 Å². The maximum atomic E-state index is 14.4. The zero-order valence-corrected chi connectivity index (χ0v) is 25.5. The maximum absolute atomic E-state index is 14.4. The molecule has 1 spiro atoms. The van der Waals surface area contributed by atoms with Gasteiger partial charge in [0.15, 0.2) is 0 Å². The van der Waals surface area contributed by atoms with Gasteiger partial charge < -0.3 is 14.5 Å². The largest absolute Gasteiger partial charge is 0.497 e. The number of hydrogen-bond acceptors (Lipinski definition) is 6. The Balaban J connectivity index is 1.17. The van der Waals surface area contributed by atoms with Crippen molar-refractivity contribution in [2.75, 3.05) is 56.2 Å². The summed E-state index contributed by atoms with van der Waals surface area (Å²) in [6, 6.07) is 11.3. The summed E-state index contributed by atoms with van der Waals surface area (Å²) in [5.41, 5.74) is -1.26. The number of ether oxygens (including phenoxy) is 1. The number of benzene rings is 2. The Kier molecular flexibility index (Phi) is 7.91. The summed E-state index contributed by atoms with van der Waals surface area (Å²) in [4.78, 5) is 19.7. The fourth-order valence-electron chi connectivity index (χ4n) is 7.49. The first-order valence-electron chi connectivity index (χ1n) is 15.1. The summed E-state index contributed by atoms with van der Waals surface area (Å²) in [5.74, 6) is 0.192. The average molecular weight is 621 g/mol. The standard InChI is InChI=1S/C31H39F3N4O4S/c1-22-4-3-15-37(22)24-11-16-35(21-24)23-5-10-28(27(20-23)31(32,33)34)38-19-14-30(29(38)39)12-17-36(18-13-30)43(40,41)26-8-6-25(42-2)7-9-26/h5-10,20,22,24H,3-4,11-19,21H2,1-2H3/t22-,24-/m0/s1. The van der Waals surface area contributed by atoms with Gasteiger partial charge in [-0.05, 0) is 94.5 Å². The number of halogens is 3. The summed E-state index contributed by atoms with van der Waals surface area (Å²) in [7, 11) is -2.27. The van der Waals surface area contributed by atoms with Crippen molar-refractivity contribution in [2.45, 2.75) is 68.6 Å². The molecule has 4 fully saturated rings. The van der Waals surface area contributed by atoms with E-state index in [-0.39, 0.29) is 49.0 Å². The van der Waals surface area contributed by atoms with Crippen molar-refractivity contribution in [3.05, 3.63) is 48.0 Å². The molecule has 2 aromatic rings. The first-order valence-corrected chi connectivity index (χ1v) is 16.6. The number of hydrogen-bond donors (Lipinski definition) is 0. The molecule has 8 nitrogen and oxygen atoms in total. The monoisotopic (exact) mass is 620 g/mol. The van der Waals surface area contributed by atoms with Crippen molar-refractivity contribution in [1.29, 1.82) is 0 Å². The molecule has 0 radical (unpaired) electrons. The highest BCUT2D eigenvalue weighted by molar-refractivity contribution is 7.89. The van der Waals surface area contributed by atoms with Gasteiger partial charge in [0, 0.05) is 50.5 Å². The second kappa shape index (κ2) is 11.3. The molecule has 0 unspecified atom stereocenters. The molecule has 4 aliphatic heterocycles. The third-order valence-electron chi connectivity index (χ3n) is 10.1. The number of methoxy groups -OCH3 is 1. The smallest absolute Gasteiger partial charge is 0.418 e. The lowest BCUT2D eigenvalue weighted by molar-refractivity contribution is -0.137. The minimum Gasteiger partial charge on any atom is -0.497 e. The maximum Gasteiger partial charge on any atom is 0.418 e. The summed E-state index contributed by atoms with van der Waals surface area (Å²) >= 11 is 0. The minimum absolute atomic E-state index is 0.115. The summed E-state index contributed by atoms with van der Waals surface area (Å²) in [6.07, 6.45) is -0.463. The molecule has 0 N–H and O–H groups in total. The van der Waals surface area contributed by atoms with Crippen molar-refractivity contribution >= 4 is 27.3 Å². The van der Waals surface area contributed by atoms with Crippen LogP contribution in [0.25, 0.3) is 0 Å². The number of likely N-dealkylation sites (tertiary alicyclic amines) is 1. The molecule has 2 atom stereocenters. The van der Waals surface area contributed by atoms with Gasteiger partial charge in [0.2, 0.25) is 15.9 Å². The second-order valence-corrected chi connectivity index (χ2v) is 14.3. The van der Waals surface area contributed by atoms with Crippen LogP contribution in [0.15, 0.2) is 47.4 Å². The molecule has 4 aliphatic rings. The van der Waals surface area contributed by atoms with Gasteiger partial charge in [-0.25, -0.2) is 8.42 Å². The van der Waals surface area contributed by atoms with Crippen LogP contribution in [-0.4, -0.2) is 82.0 Å². The van der Waals surface area contributed by atoms with Crippen LogP contribution in [0, 0.1) is 5.41 Å². The zero-order chi connectivity index (χ0) is 30.6. The fourth-order valence-corrected chi connectivity index (χ4v) is 8.94. The van der Waals surface area contributed by atoms with Crippen molar-refractivity contribution in [3.8, 4) is 5.75 Å². The molecule has 0 aromatic heterocycles. The molecule has 4 saturated heterocycles. The molecular formula is C31H39F3N4O4S. The molecule has 0 aliphatic carbocycles. The van der Waals surface area contributed by atoms with Gasteiger partial charge in [-0.3, -0.25) is 9.69 Å². The van der Waals surface area contributed by atoms with E-state index in [1.807, 2.05) is 4.90 Å². The minimum atomic E-state index is -4.63. The highest BCUT2D eigenvalue weighted by Gasteiger charge is 2.51. The van der Waals surface area contributed by atoms with E-state index >= 15 is 0 Å². The Morgan fingerprint density at radius 2 is 1.63 bits per heavy atom. The molecule has 0 saturated carbocycles. The van der Waals surface area contributed by atoms with Crippen LogP contribution < -0.4 is 14.5 Å². The number of sulfonamides is 1. The van der Waals surface area contributed by atoms with E-state index in [2.05, 4.69) is 11.8 Å². The number of carbonyl (C=O) groups excluding carboxylic acids is 1. The van der Waals surface area contributed by atoms with Crippen molar-refractivity contribution in [2.24, 2.45) is 5.41 Å². The van der Waals surface area contributed by atoms with Gasteiger partial charge in [0.1, 0.15) is 5.75 Å². The first-order chi connectivity index (χ1) is 20.4. The number of nitrogens with zero attached hydrogens (tertiary/aromatic N) is 4. The molecule has 6 rings (SSSR count). The molecular weight excluding hydrogens is 581 g/mol. The van der Waals surface area contributed by atoms with Crippen molar-refractivity contribution in [3.63, 3.8) is 0 Å². The van der Waals surface area contributed by atoms with Crippen LogP contribution in [0.4, 0.5) is 24.5 Å². The zero-order valence-electron chi connectivity index (χ0n) is 24.6. The van der Waals surface area contributed by atoms with Gasteiger partial charge in [0.25, 0.3) is 0 Å². The highest BCUT2D eigenvalue weighted by atomic mass is 32.2. The SMILES string of the molecule is COc1ccc(S(=O)(=O)N2CCC3(CCN(c4ccc(N5CC[C@H](N6CCC[C@@H]6C)C5)cc4C(F)(F)F)C3=O)CC2)cc1. The number of alkyl halides is 3. The van der Waals surface area contributed by atoms with E-state index in [4.69, 9.17) is 4.74 Å². The van der Waals surface area contributed by atoms with E-state index in [1.165, 1.54) is 40.6 Å². The average Bonchev–Trinajstić information content (AvgIpc) is 3.72. The summed E-state index contributed by atoms with van der Waals surface area (Å²) < 4.78 is 76.3. The van der Waals surface area contributed by atoms with Crippen LogP contribution >= 0.6 is 0 Å². The fraction of sp³-hybridized carbons (Fsp3) is 0.581. The van der Waals surface area contributed by atoms with Crippen LogP contribution in [0.3, 0.4) is 0 Å². The summed E-state index contributed by atoms with van der Waals surface area (Å²) in [5, 5.41) is 0. The predicted octanol–water partition coefficient (Wildman–Crippen LogP) is 4.98. The Hall–Kier alpha value is -2.83. The lowest BCUT2D eigenvalue weighted by Crippen LogP contribution is -2.46. The third-order valence-corrected chi connectivity index (χ3v) is 12.0. The van der Waals surface area contributed by atoms with Gasteiger partial charge in [0.05, 0.1) is 28.7 Å². The van der Waals surface area contributed by atoms with Crippen LogP contribution in [-0.2, 0) is 21.0 Å². The lowest BCUT2D eigenvalue weighted by Gasteiger charge is -2.37. The molecule has 4 heterocycles. The van der Waals surface area contributed by atoms with E-state index in [0.29, 0.717) is 43.0 Å². The lowest BCUT2D eigenvalue weighted by atomic mass is 9.77. The first kappa shape index (κ1) is 30.2. The van der Waals surface area contributed by atoms with Gasteiger partial charge in [-0.2, -0.15) is 17.5 Å². The van der Waals surface area contributed by atoms with Crippen molar-refractivity contribution < 1.29 is 31.1 Å². The van der Waals surface area contributed by atoms with E-state index in [0.717, 1.165) is 25.8 Å². The Morgan fingerprint density at radius 3 is 2.26 bits per heavy atom.